The zero-order chi connectivity index (χ0) is 17.0. The number of anilines is 1. The molecule has 0 radical (unpaired) electrons. The van der Waals surface area contributed by atoms with Crippen molar-refractivity contribution in [1.82, 2.24) is 5.32 Å². The van der Waals surface area contributed by atoms with Crippen molar-refractivity contribution < 1.29 is 14.6 Å². The van der Waals surface area contributed by atoms with Gasteiger partial charge in [-0.3, -0.25) is 0 Å². The molecule has 2 amide bonds. The molecule has 0 fully saturated rings. The average molecular weight is 308 g/mol. The van der Waals surface area contributed by atoms with Crippen LogP contribution >= 0.6 is 0 Å². The van der Waals surface area contributed by atoms with Gasteiger partial charge in [-0.15, -0.1) is 0 Å². The number of amides is 2. The first-order valence-corrected chi connectivity index (χ1v) is 7.50. The van der Waals surface area contributed by atoms with Crippen molar-refractivity contribution >= 4 is 11.7 Å². The van der Waals surface area contributed by atoms with E-state index in [9.17, 15) is 9.90 Å². The van der Waals surface area contributed by atoms with Crippen LogP contribution in [0.2, 0.25) is 0 Å². The first-order valence-electron chi connectivity index (χ1n) is 7.50. The van der Waals surface area contributed by atoms with Crippen LogP contribution in [-0.4, -0.2) is 29.4 Å². The Hall–Kier alpha value is -1.75. The summed E-state index contributed by atoms with van der Waals surface area (Å²) in [6.45, 7) is 11.8. The van der Waals surface area contributed by atoms with Gasteiger partial charge in [-0.25, -0.2) is 4.79 Å². The molecule has 1 aromatic carbocycles. The van der Waals surface area contributed by atoms with Crippen molar-refractivity contribution in [2.75, 3.05) is 11.9 Å². The molecule has 0 aliphatic rings. The van der Waals surface area contributed by atoms with Gasteiger partial charge in [-0.2, -0.15) is 0 Å². The number of benzene rings is 1. The predicted octanol–water partition coefficient (Wildman–Crippen LogP) is 3.39. The number of urea groups is 1. The number of nitrogens with one attached hydrogen (secondary N) is 2. The smallest absolute Gasteiger partial charge is 0.319 e. The minimum atomic E-state index is -0.612. The molecule has 0 bridgehead atoms. The van der Waals surface area contributed by atoms with Crippen molar-refractivity contribution in [2.45, 2.75) is 53.2 Å². The Kier molecular flexibility index (Phi) is 5.83. The molecule has 124 valence electrons. The van der Waals surface area contributed by atoms with E-state index in [0.29, 0.717) is 11.4 Å². The molecule has 5 nitrogen and oxygen atoms in total. The number of hydrogen-bond donors (Lipinski definition) is 3. The fourth-order valence-corrected chi connectivity index (χ4v) is 1.65. The van der Waals surface area contributed by atoms with Crippen LogP contribution in [0.25, 0.3) is 0 Å². The Morgan fingerprint density at radius 3 is 2.32 bits per heavy atom. The quantitative estimate of drug-likeness (QED) is 0.798. The lowest BCUT2D eigenvalue weighted by atomic mass is 9.89. The Labute approximate surface area is 133 Å². The SMILES string of the molecule is CC(C)(C)Oc1ccccc1NC(=O)NCC(O)C(C)(C)C. The van der Waals surface area contributed by atoms with Crippen LogP contribution in [0.1, 0.15) is 41.5 Å². The fraction of sp³-hybridized carbons (Fsp3) is 0.588. The number of rotatable bonds is 4. The lowest BCUT2D eigenvalue weighted by Gasteiger charge is -2.26. The molecule has 3 N–H and O–H groups in total. The molecule has 0 heterocycles. The second-order valence-corrected chi connectivity index (χ2v) is 7.43. The molecule has 1 atom stereocenters. The molecule has 5 heteroatoms. The molecule has 1 rings (SSSR count). The highest BCUT2D eigenvalue weighted by Crippen LogP contribution is 2.27. The third kappa shape index (κ3) is 6.35. The molecule has 22 heavy (non-hydrogen) atoms. The second kappa shape index (κ2) is 7.01. The maximum atomic E-state index is 12.0. The molecular weight excluding hydrogens is 280 g/mol. The summed E-state index contributed by atoms with van der Waals surface area (Å²) in [5.74, 6) is 0.613. The van der Waals surface area contributed by atoms with Gasteiger partial charge in [0.15, 0.2) is 0 Å². The summed E-state index contributed by atoms with van der Waals surface area (Å²) >= 11 is 0. The summed E-state index contributed by atoms with van der Waals surface area (Å²) in [5, 5.41) is 15.4. The Morgan fingerprint density at radius 2 is 1.77 bits per heavy atom. The van der Waals surface area contributed by atoms with Crippen molar-refractivity contribution in [2.24, 2.45) is 5.41 Å². The van der Waals surface area contributed by atoms with E-state index in [2.05, 4.69) is 10.6 Å². The molecule has 0 aliphatic heterocycles. The summed E-state index contributed by atoms with van der Waals surface area (Å²) in [5.41, 5.74) is -0.0304. The van der Waals surface area contributed by atoms with Gasteiger partial charge in [0, 0.05) is 6.54 Å². The Bertz CT molecular complexity index is 501. The van der Waals surface area contributed by atoms with Crippen LogP contribution in [0, 0.1) is 5.41 Å². The van der Waals surface area contributed by atoms with Crippen LogP contribution < -0.4 is 15.4 Å². The molecule has 0 saturated heterocycles. The highest BCUT2D eigenvalue weighted by atomic mass is 16.5. The maximum Gasteiger partial charge on any atom is 0.319 e. The molecular formula is C17H28N2O3. The van der Waals surface area contributed by atoms with E-state index >= 15 is 0 Å². The lowest BCUT2D eigenvalue weighted by Crippen LogP contribution is -2.41. The van der Waals surface area contributed by atoms with Crippen LogP contribution in [0.3, 0.4) is 0 Å². The number of hydrogen-bond acceptors (Lipinski definition) is 3. The van der Waals surface area contributed by atoms with Crippen LogP contribution in [0.5, 0.6) is 5.75 Å². The topological polar surface area (TPSA) is 70.6 Å². The minimum absolute atomic E-state index is 0.192. The number of para-hydroxylation sites is 2. The van der Waals surface area contributed by atoms with Gasteiger partial charge in [0.1, 0.15) is 11.4 Å². The van der Waals surface area contributed by atoms with E-state index in [1.165, 1.54) is 0 Å². The maximum absolute atomic E-state index is 12.0. The summed E-state index contributed by atoms with van der Waals surface area (Å²) in [6.07, 6.45) is -0.612. The van der Waals surface area contributed by atoms with E-state index in [1.54, 1.807) is 6.07 Å². The van der Waals surface area contributed by atoms with E-state index in [1.807, 2.05) is 59.7 Å². The molecule has 0 aliphatic carbocycles. The number of aliphatic hydroxyl groups is 1. The van der Waals surface area contributed by atoms with Gasteiger partial charge in [-0.05, 0) is 38.3 Å². The Morgan fingerprint density at radius 1 is 1.18 bits per heavy atom. The third-order valence-electron chi connectivity index (χ3n) is 3.01. The summed E-state index contributed by atoms with van der Waals surface area (Å²) in [7, 11) is 0. The largest absolute Gasteiger partial charge is 0.486 e. The van der Waals surface area contributed by atoms with Gasteiger partial charge in [0.2, 0.25) is 0 Å². The summed E-state index contributed by atoms with van der Waals surface area (Å²) in [6, 6.07) is 6.90. The monoisotopic (exact) mass is 308 g/mol. The molecule has 1 aromatic rings. The second-order valence-electron chi connectivity index (χ2n) is 7.43. The van der Waals surface area contributed by atoms with Crippen LogP contribution in [0.4, 0.5) is 10.5 Å². The lowest BCUT2D eigenvalue weighted by molar-refractivity contribution is 0.0654. The van der Waals surface area contributed by atoms with Crippen LogP contribution in [0.15, 0.2) is 24.3 Å². The Balaban J connectivity index is 2.65. The molecule has 0 spiro atoms. The normalized spacial score (nSPS) is 13.4. The highest BCUT2D eigenvalue weighted by molar-refractivity contribution is 5.90. The fourth-order valence-electron chi connectivity index (χ4n) is 1.65. The molecule has 1 unspecified atom stereocenters. The zero-order valence-electron chi connectivity index (χ0n) is 14.4. The zero-order valence-corrected chi connectivity index (χ0v) is 14.4. The van der Waals surface area contributed by atoms with Crippen molar-refractivity contribution in [1.29, 1.82) is 0 Å². The van der Waals surface area contributed by atoms with Crippen molar-refractivity contribution in [3.8, 4) is 5.75 Å². The standard InChI is InChI=1S/C17H28N2O3/c1-16(2,3)14(20)11-18-15(21)19-12-9-7-8-10-13(12)22-17(4,5)6/h7-10,14,20H,11H2,1-6H3,(H2,18,19,21). The van der Waals surface area contributed by atoms with Gasteiger partial charge >= 0.3 is 6.03 Å². The predicted molar refractivity (Wildman–Crippen MR) is 89.3 cm³/mol. The number of aliphatic hydroxyl groups excluding tert-OH is 1. The number of carbonyl (C=O) groups is 1. The first-order chi connectivity index (χ1) is 9.99. The van der Waals surface area contributed by atoms with E-state index in [-0.39, 0.29) is 23.6 Å². The van der Waals surface area contributed by atoms with Crippen molar-refractivity contribution in [3.05, 3.63) is 24.3 Å². The van der Waals surface area contributed by atoms with E-state index in [4.69, 9.17) is 4.74 Å². The van der Waals surface area contributed by atoms with E-state index < -0.39 is 6.10 Å². The number of carbonyl (C=O) groups excluding carboxylic acids is 1. The van der Waals surface area contributed by atoms with Gasteiger partial charge in [-0.1, -0.05) is 32.9 Å². The minimum Gasteiger partial charge on any atom is -0.486 e. The average Bonchev–Trinajstić information content (AvgIpc) is 2.35. The molecule has 0 aromatic heterocycles. The van der Waals surface area contributed by atoms with Gasteiger partial charge < -0.3 is 20.5 Å². The highest BCUT2D eigenvalue weighted by Gasteiger charge is 2.22. The van der Waals surface area contributed by atoms with E-state index in [0.717, 1.165) is 0 Å². The van der Waals surface area contributed by atoms with Gasteiger partial charge in [0.25, 0.3) is 0 Å². The summed E-state index contributed by atoms with van der Waals surface area (Å²) in [4.78, 5) is 12.0. The first kappa shape index (κ1) is 18.3. The van der Waals surface area contributed by atoms with Crippen LogP contribution in [-0.2, 0) is 0 Å². The van der Waals surface area contributed by atoms with Crippen molar-refractivity contribution in [3.63, 3.8) is 0 Å². The third-order valence-corrected chi connectivity index (χ3v) is 3.01. The number of ether oxygens (including phenoxy) is 1. The van der Waals surface area contributed by atoms with Gasteiger partial charge in [0.05, 0.1) is 11.8 Å². The summed E-state index contributed by atoms with van der Waals surface area (Å²) < 4.78 is 5.82. The molecule has 0 saturated carbocycles.